The summed E-state index contributed by atoms with van der Waals surface area (Å²) in [5.41, 5.74) is 0.769. The van der Waals surface area contributed by atoms with Gasteiger partial charge in [-0.1, -0.05) is 6.07 Å². The van der Waals surface area contributed by atoms with Crippen LogP contribution in [0.1, 0.15) is 16.7 Å². The fourth-order valence-corrected chi connectivity index (χ4v) is 2.12. The first-order valence-electron chi connectivity index (χ1n) is 4.17. The van der Waals surface area contributed by atoms with Crippen LogP contribution in [0.15, 0.2) is 18.2 Å². The Morgan fingerprint density at radius 1 is 1.50 bits per heavy atom. The van der Waals surface area contributed by atoms with Crippen molar-refractivity contribution in [1.29, 1.82) is 0 Å². The van der Waals surface area contributed by atoms with Crippen LogP contribution in [-0.2, 0) is 0 Å². The zero-order valence-electron chi connectivity index (χ0n) is 7.90. The smallest absolute Gasteiger partial charge is 0.188 e. The molecule has 1 aromatic carbocycles. The number of ketones is 1. The van der Waals surface area contributed by atoms with Gasteiger partial charge in [-0.05, 0) is 12.1 Å². The Balaban J connectivity index is 2.70. The van der Waals surface area contributed by atoms with Crippen molar-refractivity contribution in [2.45, 2.75) is 6.92 Å². The summed E-state index contributed by atoms with van der Waals surface area (Å²) in [5, 5.41) is 0.532. The molecule has 0 bridgehead atoms. The molecule has 1 heterocycles. The Kier molecular flexibility index (Phi) is 2.21. The molecule has 0 spiro atoms. The first kappa shape index (κ1) is 9.15. The van der Waals surface area contributed by atoms with Gasteiger partial charge < -0.3 is 4.74 Å². The maximum atomic E-state index is 11.1. The molecule has 0 atom stereocenters. The minimum atomic E-state index is -0.00625. The van der Waals surface area contributed by atoms with Gasteiger partial charge in [0.05, 0.1) is 11.8 Å². The molecule has 0 unspecified atom stereocenters. The zero-order valence-corrected chi connectivity index (χ0v) is 8.72. The van der Waals surface area contributed by atoms with Gasteiger partial charge in [-0.15, -0.1) is 11.3 Å². The van der Waals surface area contributed by atoms with E-state index in [0.29, 0.717) is 10.8 Å². The predicted octanol–water partition coefficient (Wildman–Crippen LogP) is 2.51. The van der Waals surface area contributed by atoms with Gasteiger partial charge in [0.15, 0.2) is 10.8 Å². The van der Waals surface area contributed by atoms with Gasteiger partial charge in [-0.3, -0.25) is 4.79 Å². The summed E-state index contributed by atoms with van der Waals surface area (Å²) < 4.78 is 6.13. The third-order valence-electron chi connectivity index (χ3n) is 1.90. The number of rotatable bonds is 2. The number of carbonyl (C=O) groups is 1. The lowest BCUT2D eigenvalue weighted by molar-refractivity contribution is 0.101. The zero-order chi connectivity index (χ0) is 10.1. The lowest BCUT2D eigenvalue weighted by Gasteiger charge is -1.97. The van der Waals surface area contributed by atoms with Crippen LogP contribution in [0.25, 0.3) is 10.2 Å². The largest absolute Gasteiger partial charge is 0.494 e. The Labute approximate surface area is 85.3 Å². The molecule has 4 heteroatoms. The summed E-state index contributed by atoms with van der Waals surface area (Å²) in [7, 11) is 1.60. The highest BCUT2D eigenvalue weighted by Crippen LogP contribution is 2.29. The first-order chi connectivity index (χ1) is 6.72. The molecule has 14 heavy (non-hydrogen) atoms. The van der Waals surface area contributed by atoms with E-state index in [9.17, 15) is 4.79 Å². The van der Waals surface area contributed by atoms with Crippen LogP contribution in [0.5, 0.6) is 5.75 Å². The molecule has 2 aromatic rings. The van der Waals surface area contributed by atoms with E-state index in [1.54, 1.807) is 7.11 Å². The van der Waals surface area contributed by atoms with Crippen molar-refractivity contribution < 1.29 is 9.53 Å². The molecule has 1 aromatic heterocycles. The molecule has 0 saturated heterocycles. The van der Waals surface area contributed by atoms with Gasteiger partial charge in [-0.25, -0.2) is 4.98 Å². The predicted molar refractivity (Wildman–Crippen MR) is 56.2 cm³/mol. The van der Waals surface area contributed by atoms with Crippen LogP contribution < -0.4 is 4.74 Å². The molecule has 2 rings (SSSR count). The van der Waals surface area contributed by atoms with Gasteiger partial charge in [0, 0.05) is 6.92 Å². The van der Waals surface area contributed by atoms with E-state index < -0.39 is 0 Å². The Morgan fingerprint density at radius 3 is 2.93 bits per heavy atom. The quantitative estimate of drug-likeness (QED) is 0.710. The maximum absolute atomic E-state index is 11.1. The summed E-state index contributed by atoms with van der Waals surface area (Å²) in [6.07, 6.45) is 0. The molecular formula is C10H9NO2S. The van der Waals surface area contributed by atoms with E-state index >= 15 is 0 Å². The second-order valence-corrected chi connectivity index (χ2v) is 3.91. The van der Waals surface area contributed by atoms with Gasteiger partial charge in [0.1, 0.15) is 11.3 Å². The fraction of sp³-hybridized carbons (Fsp3) is 0.200. The van der Waals surface area contributed by atoms with Crippen LogP contribution in [0, 0.1) is 0 Å². The molecule has 0 aliphatic rings. The average molecular weight is 207 g/mol. The summed E-state index contributed by atoms with van der Waals surface area (Å²) in [6, 6.07) is 5.66. The van der Waals surface area contributed by atoms with Crippen LogP contribution in [-0.4, -0.2) is 17.9 Å². The number of hydrogen-bond acceptors (Lipinski definition) is 4. The highest BCUT2D eigenvalue weighted by molar-refractivity contribution is 7.20. The SMILES string of the molecule is COc1cccc2sc(C(C)=O)nc12. The highest BCUT2D eigenvalue weighted by atomic mass is 32.1. The van der Waals surface area contributed by atoms with Gasteiger partial charge in [0.25, 0.3) is 0 Å². The summed E-state index contributed by atoms with van der Waals surface area (Å²) >= 11 is 1.39. The summed E-state index contributed by atoms with van der Waals surface area (Å²) in [6.45, 7) is 1.52. The fourth-order valence-electron chi connectivity index (χ4n) is 1.24. The Bertz CT molecular complexity index is 490. The van der Waals surface area contributed by atoms with Crippen molar-refractivity contribution in [3.63, 3.8) is 0 Å². The Hall–Kier alpha value is -1.42. The second-order valence-electron chi connectivity index (χ2n) is 2.88. The number of carbonyl (C=O) groups excluding carboxylic acids is 1. The molecule has 72 valence electrons. The number of fused-ring (bicyclic) bond motifs is 1. The number of Topliss-reactive ketones (excluding diaryl/α,β-unsaturated/α-hetero) is 1. The first-order valence-corrected chi connectivity index (χ1v) is 4.98. The van der Waals surface area contributed by atoms with Crippen LogP contribution in [0.2, 0.25) is 0 Å². The number of benzene rings is 1. The number of hydrogen-bond donors (Lipinski definition) is 0. The normalized spacial score (nSPS) is 10.4. The number of methoxy groups -OCH3 is 1. The van der Waals surface area contributed by atoms with Crippen molar-refractivity contribution in [2.75, 3.05) is 7.11 Å². The minimum Gasteiger partial charge on any atom is -0.494 e. The van der Waals surface area contributed by atoms with Crippen LogP contribution >= 0.6 is 11.3 Å². The monoisotopic (exact) mass is 207 g/mol. The number of para-hydroxylation sites is 1. The number of nitrogens with zero attached hydrogens (tertiary/aromatic N) is 1. The average Bonchev–Trinajstić information content (AvgIpc) is 2.60. The summed E-state index contributed by atoms with van der Waals surface area (Å²) in [5.74, 6) is 0.708. The van der Waals surface area contributed by atoms with Crippen LogP contribution in [0.4, 0.5) is 0 Å². The van der Waals surface area contributed by atoms with Crippen molar-refractivity contribution in [2.24, 2.45) is 0 Å². The van der Waals surface area contributed by atoms with Gasteiger partial charge >= 0.3 is 0 Å². The molecular weight excluding hydrogens is 198 g/mol. The summed E-state index contributed by atoms with van der Waals surface area (Å²) in [4.78, 5) is 15.3. The molecule has 3 nitrogen and oxygen atoms in total. The topological polar surface area (TPSA) is 39.2 Å². The highest BCUT2D eigenvalue weighted by Gasteiger charge is 2.10. The second kappa shape index (κ2) is 3.38. The van der Waals surface area contributed by atoms with E-state index in [2.05, 4.69) is 4.98 Å². The van der Waals surface area contributed by atoms with E-state index in [1.807, 2.05) is 18.2 Å². The van der Waals surface area contributed by atoms with E-state index in [4.69, 9.17) is 4.74 Å². The number of thiazole rings is 1. The molecule has 0 aliphatic carbocycles. The number of aromatic nitrogens is 1. The van der Waals surface area contributed by atoms with E-state index in [0.717, 1.165) is 10.2 Å². The van der Waals surface area contributed by atoms with Crippen molar-refractivity contribution in [3.8, 4) is 5.75 Å². The van der Waals surface area contributed by atoms with Crippen LogP contribution in [0.3, 0.4) is 0 Å². The molecule has 0 N–H and O–H groups in total. The molecule has 0 amide bonds. The lowest BCUT2D eigenvalue weighted by Crippen LogP contribution is -1.89. The van der Waals surface area contributed by atoms with E-state index in [1.165, 1.54) is 18.3 Å². The third kappa shape index (κ3) is 1.37. The number of ether oxygens (including phenoxy) is 1. The van der Waals surface area contributed by atoms with Crippen molar-refractivity contribution in [3.05, 3.63) is 23.2 Å². The van der Waals surface area contributed by atoms with Gasteiger partial charge in [-0.2, -0.15) is 0 Å². The lowest BCUT2D eigenvalue weighted by atomic mass is 10.3. The standard InChI is InChI=1S/C10H9NO2S/c1-6(12)10-11-9-7(13-2)4-3-5-8(9)14-10/h3-5H,1-2H3. The van der Waals surface area contributed by atoms with E-state index in [-0.39, 0.29) is 5.78 Å². The molecule has 0 fully saturated rings. The van der Waals surface area contributed by atoms with Crippen molar-refractivity contribution >= 4 is 27.3 Å². The third-order valence-corrected chi connectivity index (χ3v) is 3.02. The molecule has 0 saturated carbocycles. The molecule has 0 aliphatic heterocycles. The minimum absolute atomic E-state index is 0.00625. The van der Waals surface area contributed by atoms with Gasteiger partial charge in [0.2, 0.25) is 0 Å². The Morgan fingerprint density at radius 2 is 2.29 bits per heavy atom. The molecule has 0 radical (unpaired) electrons. The van der Waals surface area contributed by atoms with Crippen molar-refractivity contribution in [1.82, 2.24) is 4.98 Å². The maximum Gasteiger partial charge on any atom is 0.188 e.